The van der Waals surface area contributed by atoms with E-state index in [9.17, 15) is 0 Å². The lowest BCUT2D eigenvalue weighted by Crippen LogP contribution is -2.01. The molecule has 0 unspecified atom stereocenters. The molecule has 0 aliphatic carbocycles. The van der Waals surface area contributed by atoms with Gasteiger partial charge in [0.2, 0.25) is 11.7 Å². The normalized spacial score (nSPS) is 10.6. The lowest BCUT2D eigenvalue weighted by molar-refractivity contribution is 0.285. The Bertz CT molecular complexity index is 484. The highest BCUT2D eigenvalue weighted by atomic mass is 35.5. The zero-order valence-electron chi connectivity index (χ0n) is 9.80. The number of nitrogens with zero attached hydrogens (tertiary/aromatic N) is 2. The topological polar surface area (TPSA) is 74.2 Å². The largest absolute Gasteiger partial charge is 0.485 e. The summed E-state index contributed by atoms with van der Waals surface area (Å²) in [6.07, 6.45) is 1.53. The first-order valence-electron chi connectivity index (χ1n) is 5.68. The maximum Gasteiger partial charge on any atom is 0.226 e. The summed E-state index contributed by atoms with van der Waals surface area (Å²) < 4.78 is 10.6. The van der Waals surface area contributed by atoms with E-state index in [1.165, 1.54) is 0 Å². The van der Waals surface area contributed by atoms with Crippen LogP contribution < -0.4 is 10.5 Å². The molecule has 6 heteroatoms. The summed E-state index contributed by atoms with van der Waals surface area (Å²) in [5.41, 5.74) is 5.40. The van der Waals surface area contributed by atoms with E-state index in [2.05, 4.69) is 10.1 Å². The first kappa shape index (κ1) is 12.9. The van der Waals surface area contributed by atoms with Crippen LogP contribution in [0.3, 0.4) is 0 Å². The summed E-state index contributed by atoms with van der Waals surface area (Å²) in [5, 5.41) is 4.50. The van der Waals surface area contributed by atoms with Gasteiger partial charge < -0.3 is 15.0 Å². The average molecular weight is 268 g/mol. The van der Waals surface area contributed by atoms with Crippen LogP contribution in [-0.2, 0) is 13.0 Å². The quantitative estimate of drug-likeness (QED) is 0.868. The highest BCUT2D eigenvalue weighted by Gasteiger charge is 2.06. The van der Waals surface area contributed by atoms with Crippen molar-refractivity contribution in [1.29, 1.82) is 0 Å². The van der Waals surface area contributed by atoms with Gasteiger partial charge in [-0.25, -0.2) is 0 Å². The maximum atomic E-state index is 5.78. The van der Waals surface area contributed by atoms with E-state index in [1.54, 1.807) is 24.3 Å². The van der Waals surface area contributed by atoms with Gasteiger partial charge in [-0.3, -0.25) is 0 Å². The molecule has 0 aliphatic heterocycles. The SMILES string of the molecule is NCCCc1nc(COc2ccc(Cl)cc2)no1. The zero-order valence-corrected chi connectivity index (χ0v) is 10.6. The van der Waals surface area contributed by atoms with Crippen molar-refractivity contribution in [2.75, 3.05) is 6.54 Å². The fourth-order valence-electron chi connectivity index (χ4n) is 1.38. The average Bonchev–Trinajstić information content (AvgIpc) is 2.84. The van der Waals surface area contributed by atoms with E-state index in [-0.39, 0.29) is 6.61 Å². The second kappa shape index (κ2) is 6.37. The van der Waals surface area contributed by atoms with Crippen molar-refractivity contribution in [3.8, 4) is 5.75 Å². The van der Waals surface area contributed by atoms with E-state index < -0.39 is 0 Å². The van der Waals surface area contributed by atoms with Crippen LogP contribution in [0.1, 0.15) is 18.1 Å². The van der Waals surface area contributed by atoms with Crippen molar-refractivity contribution in [3.63, 3.8) is 0 Å². The summed E-state index contributed by atoms with van der Waals surface area (Å²) >= 11 is 5.78. The van der Waals surface area contributed by atoms with Crippen molar-refractivity contribution in [2.45, 2.75) is 19.4 Å². The number of hydrogen-bond acceptors (Lipinski definition) is 5. The Hall–Kier alpha value is -1.59. The molecule has 2 N–H and O–H groups in total. The molecule has 5 nitrogen and oxygen atoms in total. The highest BCUT2D eigenvalue weighted by Crippen LogP contribution is 2.16. The van der Waals surface area contributed by atoms with Crippen LogP contribution in [0.4, 0.5) is 0 Å². The molecule has 0 saturated heterocycles. The van der Waals surface area contributed by atoms with Crippen molar-refractivity contribution in [2.24, 2.45) is 5.73 Å². The Morgan fingerprint density at radius 3 is 2.78 bits per heavy atom. The number of hydrogen-bond donors (Lipinski definition) is 1. The van der Waals surface area contributed by atoms with Gasteiger partial charge in [0, 0.05) is 11.4 Å². The van der Waals surface area contributed by atoms with E-state index in [1.807, 2.05) is 0 Å². The summed E-state index contributed by atoms with van der Waals surface area (Å²) in [6, 6.07) is 7.11. The Kier molecular flexibility index (Phi) is 4.55. The Balaban J connectivity index is 1.86. The lowest BCUT2D eigenvalue weighted by atomic mass is 10.3. The predicted octanol–water partition coefficient (Wildman–Crippen LogP) is 2.19. The Labute approximate surface area is 110 Å². The molecule has 0 spiro atoms. The summed E-state index contributed by atoms with van der Waals surface area (Å²) in [6.45, 7) is 0.882. The van der Waals surface area contributed by atoms with Gasteiger partial charge in [-0.15, -0.1) is 0 Å². The number of aryl methyl sites for hydroxylation is 1. The fourth-order valence-corrected chi connectivity index (χ4v) is 1.51. The molecule has 0 atom stereocenters. The maximum absolute atomic E-state index is 5.78. The molecular formula is C12H14ClN3O2. The minimum Gasteiger partial charge on any atom is -0.485 e. The molecule has 0 fully saturated rings. The van der Waals surface area contributed by atoms with Crippen LogP contribution >= 0.6 is 11.6 Å². The van der Waals surface area contributed by atoms with E-state index >= 15 is 0 Å². The van der Waals surface area contributed by atoms with Crippen LogP contribution in [0, 0.1) is 0 Å². The first-order chi connectivity index (χ1) is 8.78. The van der Waals surface area contributed by atoms with Crippen LogP contribution in [0.2, 0.25) is 5.02 Å². The summed E-state index contributed by atoms with van der Waals surface area (Å²) in [5.74, 6) is 1.83. The monoisotopic (exact) mass is 267 g/mol. The molecule has 96 valence electrons. The number of aromatic nitrogens is 2. The second-order valence-corrected chi connectivity index (χ2v) is 4.18. The summed E-state index contributed by atoms with van der Waals surface area (Å²) in [4.78, 5) is 4.20. The molecule has 0 radical (unpaired) electrons. The molecule has 1 aromatic heterocycles. The van der Waals surface area contributed by atoms with E-state index in [4.69, 9.17) is 26.6 Å². The minimum atomic E-state index is 0.272. The summed E-state index contributed by atoms with van der Waals surface area (Å²) in [7, 11) is 0. The van der Waals surface area contributed by atoms with Gasteiger partial charge in [-0.2, -0.15) is 4.98 Å². The molecule has 1 aromatic carbocycles. The Morgan fingerprint density at radius 2 is 2.06 bits per heavy atom. The molecule has 1 heterocycles. The van der Waals surface area contributed by atoms with Gasteiger partial charge in [0.05, 0.1) is 0 Å². The van der Waals surface area contributed by atoms with Gasteiger partial charge in [-0.1, -0.05) is 16.8 Å². The second-order valence-electron chi connectivity index (χ2n) is 3.74. The van der Waals surface area contributed by atoms with Crippen molar-refractivity contribution in [1.82, 2.24) is 10.1 Å². The molecular weight excluding hydrogens is 254 g/mol. The Morgan fingerprint density at radius 1 is 1.28 bits per heavy atom. The van der Waals surface area contributed by atoms with Gasteiger partial charge in [0.25, 0.3) is 0 Å². The predicted molar refractivity (Wildman–Crippen MR) is 67.5 cm³/mol. The molecule has 2 rings (SSSR count). The molecule has 18 heavy (non-hydrogen) atoms. The highest BCUT2D eigenvalue weighted by molar-refractivity contribution is 6.30. The van der Waals surface area contributed by atoms with Crippen molar-refractivity contribution < 1.29 is 9.26 Å². The van der Waals surface area contributed by atoms with E-state index in [0.717, 1.165) is 6.42 Å². The van der Waals surface area contributed by atoms with Crippen LogP contribution in [0.5, 0.6) is 5.75 Å². The third-order valence-corrected chi connectivity index (χ3v) is 2.54. The molecule has 0 aliphatic rings. The van der Waals surface area contributed by atoms with Crippen LogP contribution in [-0.4, -0.2) is 16.7 Å². The lowest BCUT2D eigenvalue weighted by Gasteiger charge is -2.02. The smallest absolute Gasteiger partial charge is 0.226 e. The van der Waals surface area contributed by atoms with Gasteiger partial charge in [0.15, 0.2) is 6.61 Å². The van der Waals surface area contributed by atoms with Gasteiger partial charge in [-0.05, 0) is 37.2 Å². The molecule has 0 bridgehead atoms. The zero-order chi connectivity index (χ0) is 12.8. The third kappa shape index (κ3) is 3.72. The van der Waals surface area contributed by atoms with Crippen LogP contribution in [0.25, 0.3) is 0 Å². The third-order valence-electron chi connectivity index (χ3n) is 2.29. The number of halogens is 1. The standard InChI is InChI=1S/C12H14ClN3O2/c13-9-3-5-10(6-4-9)17-8-11-15-12(18-16-11)2-1-7-14/h3-6H,1-2,7-8,14H2. The first-order valence-corrected chi connectivity index (χ1v) is 6.05. The van der Waals surface area contributed by atoms with Crippen LogP contribution in [0.15, 0.2) is 28.8 Å². The number of rotatable bonds is 6. The number of nitrogens with two attached hydrogens (primary N) is 1. The van der Waals surface area contributed by atoms with Crippen molar-refractivity contribution in [3.05, 3.63) is 41.0 Å². The number of benzene rings is 1. The van der Waals surface area contributed by atoms with E-state index in [0.29, 0.717) is 35.5 Å². The van der Waals surface area contributed by atoms with Gasteiger partial charge >= 0.3 is 0 Å². The molecule has 0 amide bonds. The fraction of sp³-hybridized carbons (Fsp3) is 0.333. The number of ether oxygens (including phenoxy) is 1. The minimum absolute atomic E-state index is 0.272. The molecule has 0 saturated carbocycles. The van der Waals surface area contributed by atoms with Gasteiger partial charge in [0.1, 0.15) is 5.75 Å². The molecule has 2 aromatic rings. The van der Waals surface area contributed by atoms with Crippen molar-refractivity contribution >= 4 is 11.6 Å².